The number of nitrogens with one attached hydrogen (secondary N) is 1. The summed E-state index contributed by atoms with van der Waals surface area (Å²) in [6.45, 7) is 7.68. The van der Waals surface area contributed by atoms with Crippen molar-refractivity contribution in [2.75, 3.05) is 19.7 Å². The molecule has 0 radical (unpaired) electrons. The van der Waals surface area contributed by atoms with Crippen molar-refractivity contribution in [3.63, 3.8) is 0 Å². The lowest BCUT2D eigenvalue weighted by molar-refractivity contribution is 0.140. The molecule has 1 aliphatic rings. The fourth-order valence-electron chi connectivity index (χ4n) is 2.98. The minimum atomic E-state index is -0.748. The molecule has 2 rings (SSSR count). The van der Waals surface area contributed by atoms with Crippen LogP contribution in [-0.4, -0.2) is 36.7 Å². The van der Waals surface area contributed by atoms with Gasteiger partial charge in [0.1, 0.15) is 12.4 Å². The summed E-state index contributed by atoms with van der Waals surface area (Å²) in [5.74, 6) is -0.437. The second-order valence-corrected chi connectivity index (χ2v) is 6.59. The smallest absolute Gasteiger partial charge is 0.317 e. The van der Waals surface area contributed by atoms with Crippen molar-refractivity contribution >= 4 is 6.03 Å². The number of urea groups is 1. The number of likely N-dealkylation sites (tertiary alicyclic amines) is 1. The molecule has 1 heterocycles. The molecular weight excluding hydrogens is 302 g/mol. The molecular formula is C17H24F2N2O2. The van der Waals surface area contributed by atoms with E-state index in [0.29, 0.717) is 11.8 Å². The minimum Gasteiger partial charge on any atom is -0.488 e. The molecule has 4 nitrogen and oxygen atoms in total. The number of hydrogen-bond donors (Lipinski definition) is 1. The van der Waals surface area contributed by atoms with Gasteiger partial charge < -0.3 is 15.0 Å². The van der Waals surface area contributed by atoms with Crippen molar-refractivity contribution in [1.29, 1.82) is 0 Å². The van der Waals surface area contributed by atoms with Crippen LogP contribution >= 0.6 is 0 Å². The van der Waals surface area contributed by atoms with E-state index in [2.05, 4.69) is 19.2 Å². The molecule has 1 aliphatic heterocycles. The monoisotopic (exact) mass is 326 g/mol. The molecule has 128 valence electrons. The molecule has 1 N–H and O–H groups in total. The molecule has 0 spiro atoms. The van der Waals surface area contributed by atoms with Gasteiger partial charge in [-0.15, -0.1) is 0 Å². The SMILES string of the molecule is CC1CC(C)CN(C(=O)NC(C)COc2ccc(F)cc2F)C1. The Kier molecular flexibility index (Phi) is 5.80. The number of benzene rings is 1. The predicted octanol–water partition coefficient (Wildman–Crippen LogP) is 3.42. The van der Waals surface area contributed by atoms with Crippen molar-refractivity contribution in [2.45, 2.75) is 33.2 Å². The zero-order chi connectivity index (χ0) is 17.0. The number of carbonyl (C=O) groups excluding carboxylic acids is 1. The maximum Gasteiger partial charge on any atom is 0.317 e. The highest BCUT2D eigenvalue weighted by molar-refractivity contribution is 5.74. The van der Waals surface area contributed by atoms with Crippen LogP contribution in [0.2, 0.25) is 0 Å². The topological polar surface area (TPSA) is 41.6 Å². The van der Waals surface area contributed by atoms with Crippen LogP contribution in [0.25, 0.3) is 0 Å². The molecule has 0 aromatic heterocycles. The van der Waals surface area contributed by atoms with E-state index >= 15 is 0 Å². The first-order chi connectivity index (χ1) is 10.8. The molecule has 1 aromatic carbocycles. The number of piperidine rings is 1. The summed E-state index contributed by atoms with van der Waals surface area (Å²) in [6, 6.07) is 2.75. The number of ether oxygens (including phenoxy) is 1. The third-order valence-electron chi connectivity index (χ3n) is 3.91. The van der Waals surface area contributed by atoms with E-state index in [1.165, 1.54) is 6.07 Å². The first-order valence-corrected chi connectivity index (χ1v) is 7.98. The minimum absolute atomic E-state index is 0.0206. The molecule has 1 fully saturated rings. The molecule has 2 amide bonds. The van der Waals surface area contributed by atoms with Crippen molar-refractivity contribution in [3.05, 3.63) is 29.8 Å². The first-order valence-electron chi connectivity index (χ1n) is 7.98. The molecule has 23 heavy (non-hydrogen) atoms. The van der Waals surface area contributed by atoms with Gasteiger partial charge in [-0.2, -0.15) is 0 Å². The van der Waals surface area contributed by atoms with Gasteiger partial charge in [0, 0.05) is 19.2 Å². The van der Waals surface area contributed by atoms with Crippen molar-refractivity contribution in [3.8, 4) is 5.75 Å². The van der Waals surface area contributed by atoms with Crippen LogP contribution in [0.15, 0.2) is 18.2 Å². The van der Waals surface area contributed by atoms with Gasteiger partial charge in [0.25, 0.3) is 0 Å². The molecule has 6 heteroatoms. The molecule has 1 aromatic rings. The summed E-state index contributed by atoms with van der Waals surface area (Å²) >= 11 is 0. The Bertz CT molecular complexity index is 543. The molecule has 3 atom stereocenters. The first kappa shape index (κ1) is 17.5. The van der Waals surface area contributed by atoms with E-state index in [-0.39, 0.29) is 24.4 Å². The van der Waals surface area contributed by atoms with Crippen LogP contribution in [0.5, 0.6) is 5.75 Å². The summed E-state index contributed by atoms with van der Waals surface area (Å²) < 4.78 is 31.6. The van der Waals surface area contributed by atoms with Gasteiger partial charge in [-0.05, 0) is 37.3 Å². The van der Waals surface area contributed by atoms with E-state index in [4.69, 9.17) is 4.74 Å². The van der Waals surface area contributed by atoms with Crippen LogP contribution in [-0.2, 0) is 0 Å². The third-order valence-corrected chi connectivity index (χ3v) is 3.91. The van der Waals surface area contributed by atoms with Gasteiger partial charge >= 0.3 is 6.03 Å². The second kappa shape index (κ2) is 7.62. The van der Waals surface area contributed by atoms with Gasteiger partial charge in [-0.3, -0.25) is 0 Å². The van der Waals surface area contributed by atoms with Crippen molar-refractivity contribution in [2.24, 2.45) is 11.8 Å². The van der Waals surface area contributed by atoms with E-state index in [1.54, 1.807) is 6.92 Å². The summed E-state index contributed by atoms with van der Waals surface area (Å²) in [5.41, 5.74) is 0. The fraction of sp³-hybridized carbons (Fsp3) is 0.588. The zero-order valence-electron chi connectivity index (χ0n) is 13.8. The highest BCUT2D eigenvalue weighted by atomic mass is 19.1. The van der Waals surface area contributed by atoms with Crippen LogP contribution in [0.4, 0.5) is 13.6 Å². The van der Waals surface area contributed by atoms with Gasteiger partial charge in [0.2, 0.25) is 0 Å². The van der Waals surface area contributed by atoms with Gasteiger partial charge in [-0.25, -0.2) is 13.6 Å². The lowest BCUT2D eigenvalue weighted by Gasteiger charge is -2.35. The maximum absolute atomic E-state index is 13.5. The summed E-state index contributed by atoms with van der Waals surface area (Å²) in [5, 5.41) is 2.86. The number of halogens is 2. The Labute approximate surface area is 135 Å². The second-order valence-electron chi connectivity index (χ2n) is 6.59. The van der Waals surface area contributed by atoms with Crippen LogP contribution in [0.1, 0.15) is 27.2 Å². The Morgan fingerprint density at radius 2 is 2.00 bits per heavy atom. The number of nitrogens with zero attached hydrogens (tertiary/aromatic N) is 1. The molecule has 0 saturated carbocycles. The van der Waals surface area contributed by atoms with E-state index in [0.717, 1.165) is 31.6 Å². The van der Waals surface area contributed by atoms with Gasteiger partial charge in [-0.1, -0.05) is 13.8 Å². The molecule has 1 saturated heterocycles. The number of amides is 2. The van der Waals surface area contributed by atoms with Crippen LogP contribution in [0, 0.1) is 23.5 Å². The summed E-state index contributed by atoms with van der Waals surface area (Å²) in [6.07, 6.45) is 1.13. The predicted molar refractivity (Wildman–Crippen MR) is 84.4 cm³/mol. The average Bonchev–Trinajstić information content (AvgIpc) is 2.45. The molecule has 0 bridgehead atoms. The van der Waals surface area contributed by atoms with Crippen LogP contribution in [0.3, 0.4) is 0 Å². The number of rotatable bonds is 4. The quantitative estimate of drug-likeness (QED) is 0.921. The maximum atomic E-state index is 13.5. The Morgan fingerprint density at radius 3 is 2.61 bits per heavy atom. The number of carbonyl (C=O) groups is 1. The largest absolute Gasteiger partial charge is 0.488 e. The highest BCUT2D eigenvalue weighted by Gasteiger charge is 2.26. The van der Waals surface area contributed by atoms with Crippen molar-refractivity contribution in [1.82, 2.24) is 10.2 Å². The molecule has 0 aliphatic carbocycles. The Balaban J connectivity index is 1.82. The Morgan fingerprint density at radius 1 is 1.35 bits per heavy atom. The van der Waals surface area contributed by atoms with Gasteiger partial charge in [0.15, 0.2) is 11.6 Å². The number of hydrogen-bond acceptors (Lipinski definition) is 2. The normalized spacial score (nSPS) is 22.6. The highest BCUT2D eigenvalue weighted by Crippen LogP contribution is 2.21. The standard InChI is InChI=1S/C17H24F2N2O2/c1-11-6-12(2)9-21(8-11)17(22)20-13(3)10-23-16-5-4-14(18)7-15(16)19/h4-5,7,11-13H,6,8-10H2,1-3H3,(H,20,22). The third kappa shape index (κ3) is 5.08. The van der Waals surface area contributed by atoms with Crippen molar-refractivity contribution < 1.29 is 18.3 Å². The molecule has 3 unspecified atom stereocenters. The van der Waals surface area contributed by atoms with Crippen LogP contribution < -0.4 is 10.1 Å². The lowest BCUT2D eigenvalue weighted by atomic mass is 9.92. The van der Waals surface area contributed by atoms with E-state index in [1.807, 2.05) is 4.90 Å². The Hall–Kier alpha value is -1.85. The van der Waals surface area contributed by atoms with E-state index in [9.17, 15) is 13.6 Å². The summed E-state index contributed by atoms with van der Waals surface area (Å²) in [7, 11) is 0. The average molecular weight is 326 g/mol. The van der Waals surface area contributed by atoms with E-state index < -0.39 is 11.6 Å². The summed E-state index contributed by atoms with van der Waals surface area (Å²) in [4.78, 5) is 14.1. The fourth-order valence-corrected chi connectivity index (χ4v) is 2.98. The lowest BCUT2D eigenvalue weighted by Crippen LogP contribution is -2.50. The van der Waals surface area contributed by atoms with Gasteiger partial charge in [0.05, 0.1) is 6.04 Å². The zero-order valence-corrected chi connectivity index (χ0v) is 13.8.